The molecule has 1 saturated heterocycles. The molecule has 0 amide bonds. The van der Waals surface area contributed by atoms with E-state index in [-0.39, 0.29) is 11.9 Å². The molecule has 1 aromatic rings. The summed E-state index contributed by atoms with van der Waals surface area (Å²) in [6.45, 7) is 2.27. The SMILES string of the molecule is CN1CCOC(C(=O)Cc2sccc2Br)C1. The molecule has 0 aliphatic carbocycles. The maximum absolute atomic E-state index is 12.0. The number of rotatable bonds is 3. The van der Waals surface area contributed by atoms with Crippen molar-refractivity contribution >= 4 is 33.0 Å². The first-order valence-corrected chi connectivity index (χ1v) is 6.89. The van der Waals surface area contributed by atoms with Gasteiger partial charge in [-0.2, -0.15) is 0 Å². The Morgan fingerprint density at radius 2 is 2.56 bits per heavy atom. The zero-order valence-corrected chi connectivity index (χ0v) is 11.5. The second kappa shape index (κ2) is 5.40. The van der Waals surface area contributed by atoms with Crippen molar-refractivity contribution in [2.24, 2.45) is 0 Å². The summed E-state index contributed by atoms with van der Waals surface area (Å²) in [5, 5.41) is 1.99. The standard InChI is InChI=1S/C11H14BrNO2S/c1-13-3-4-15-10(7-13)9(14)6-11-8(12)2-5-16-11/h2,5,10H,3-4,6-7H2,1H3. The van der Waals surface area contributed by atoms with Crippen LogP contribution >= 0.6 is 27.3 Å². The molecule has 2 heterocycles. The molecule has 16 heavy (non-hydrogen) atoms. The van der Waals surface area contributed by atoms with Gasteiger partial charge in [-0.15, -0.1) is 11.3 Å². The van der Waals surface area contributed by atoms with E-state index in [0.29, 0.717) is 19.6 Å². The van der Waals surface area contributed by atoms with Gasteiger partial charge in [0.05, 0.1) is 6.61 Å². The van der Waals surface area contributed by atoms with Crippen LogP contribution in [0.2, 0.25) is 0 Å². The Bertz CT molecular complexity index is 380. The van der Waals surface area contributed by atoms with E-state index >= 15 is 0 Å². The Morgan fingerprint density at radius 1 is 1.75 bits per heavy atom. The quantitative estimate of drug-likeness (QED) is 0.855. The summed E-state index contributed by atoms with van der Waals surface area (Å²) in [6, 6.07) is 1.97. The number of ketones is 1. The van der Waals surface area contributed by atoms with Crippen LogP contribution in [0, 0.1) is 0 Å². The molecular weight excluding hydrogens is 290 g/mol. The molecule has 0 spiro atoms. The van der Waals surface area contributed by atoms with Gasteiger partial charge >= 0.3 is 0 Å². The largest absolute Gasteiger partial charge is 0.368 e. The highest BCUT2D eigenvalue weighted by molar-refractivity contribution is 9.10. The predicted octanol–water partition coefficient (Wildman–Crippen LogP) is 1.95. The summed E-state index contributed by atoms with van der Waals surface area (Å²) in [7, 11) is 2.02. The van der Waals surface area contributed by atoms with Gasteiger partial charge in [-0.1, -0.05) is 0 Å². The molecule has 5 heteroatoms. The van der Waals surface area contributed by atoms with E-state index in [1.807, 2.05) is 18.5 Å². The maximum atomic E-state index is 12.0. The van der Waals surface area contributed by atoms with Crippen molar-refractivity contribution in [3.8, 4) is 0 Å². The monoisotopic (exact) mass is 303 g/mol. The van der Waals surface area contributed by atoms with Gasteiger partial charge < -0.3 is 9.64 Å². The van der Waals surface area contributed by atoms with E-state index in [0.717, 1.165) is 15.9 Å². The van der Waals surface area contributed by atoms with E-state index in [9.17, 15) is 4.79 Å². The number of morpholine rings is 1. The van der Waals surface area contributed by atoms with Gasteiger partial charge in [0.25, 0.3) is 0 Å². The van der Waals surface area contributed by atoms with Crippen molar-refractivity contribution in [3.05, 3.63) is 20.8 Å². The molecule has 1 unspecified atom stereocenters. The summed E-state index contributed by atoms with van der Waals surface area (Å²) >= 11 is 5.04. The molecule has 3 nitrogen and oxygen atoms in total. The number of hydrogen-bond donors (Lipinski definition) is 0. The normalized spacial score (nSPS) is 22.2. The van der Waals surface area contributed by atoms with Crippen LogP contribution in [0.4, 0.5) is 0 Å². The van der Waals surface area contributed by atoms with E-state index < -0.39 is 0 Å². The molecular formula is C11H14BrNO2S. The first-order chi connectivity index (χ1) is 7.66. The number of nitrogens with zero attached hydrogens (tertiary/aromatic N) is 1. The highest BCUT2D eigenvalue weighted by Gasteiger charge is 2.25. The lowest BCUT2D eigenvalue weighted by Crippen LogP contribution is -2.44. The van der Waals surface area contributed by atoms with Crippen LogP contribution < -0.4 is 0 Å². The summed E-state index contributed by atoms with van der Waals surface area (Å²) < 4.78 is 6.52. The second-order valence-electron chi connectivity index (χ2n) is 3.96. The zero-order valence-electron chi connectivity index (χ0n) is 9.11. The number of Topliss-reactive ketones (excluding diaryl/α,β-unsaturated/α-hetero) is 1. The van der Waals surface area contributed by atoms with Crippen LogP contribution in [0.1, 0.15) is 4.88 Å². The molecule has 2 rings (SSSR count). The average molecular weight is 304 g/mol. The molecule has 1 fully saturated rings. The van der Waals surface area contributed by atoms with Gasteiger partial charge in [-0.3, -0.25) is 4.79 Å². The van der Waals surface area contributed by atoms with Gasteiger partial charge in [0.15, 0.2) is 5.78 Å². The fraction of sp³-hybridized carbons (Fsp3) is 0.545. The van der Waals surface area contributed by atoms with Crippen molar-refractivity contribution in [3.63, 3.8) is 0 Å². The van der Waals surface area contributed by atoms with E-state index in [4.69, 9.17) is 4.74 Å². The lowest BCUT2D eigenvalue weighted by Gasteiger charge is -2.28. The van der Waals surface area contributed by atoms with Gasteiger partial charge in [-0.25, -0.2) is 0 Å². The van der Waals surface area contributed by atoms with Crippen LogP contribution in [0.25, 0.3) is 0 Å². The Balaban J connectivity index is 1.95. The maximum Gasteiger partial charge on any atom is 0.168 e. The van der Waals surface area contributed by atoms with E-state index in [1.165, 1.54) is 0 Å². The highest BCUT2D eigenvalue weighted by atomic mass is 79.9. The average Bonchev–Trinajstić information content (AvgIpc) is 2.64. The van der Waals surface area contributed by atoms with Gasteiger partial charge in [0, 0.05) is 28.9 Å². The molecule has 1 atom stereocenters. The minimum Gasteiger partial charge on any atom is -0.368 e. The number of carbonyl (C=O) groups excluding carboxylic acids is 1. The van der Waals surface area contributed by atoms with Crippen LogP contribution in [0.15, 0.2) is 15.9 Å². The van der Waals surface area contributed by atoms with Crippen LogP contribution in [-0.2, 0) is 16.0 Å². The zero-order chi connectivity index (χ0) is 11.5. The smallest absolute Gasteiger partial charge is 0.168 e. The van der Waals surface area contributed by atoms with Gasteiger partial charge in [-0.05, 0) is 34.4 Å². The summed E-state index contributed by atoms with van der Waals surface area (Å²) in [4.78, 5) is 15.2. The summed E-state index contributed by atoms with van der Waals surface area (Å²) in [5.74, 6) is 0.176. The Morgan fingerprint density at radius 3 is 3.19 bits per heavy atom. The lowest BCUT2D eigenvalue weighted by atomic mass is 10.1. The lowest BCUT2D eigenvalue weighted by molar-refractivity contribution is -0.134. The molecule has 0 bridgehead atoms. The predicted molar refractivity (Wildman–Crippen MR) is 68.0 cm³/mol. The van der Waals surface area contributed by atoms with E-state index in [2.05, 4.69) is 20.8 Å². The summed E-state index contributed by atoms with van der Waals surface area (Å²) in [6.07, 6.45) is 0.212. The number of likely N-dealkylation sites (N-methyl/N-ethyl adjacent to an activating group) is 1. The minimum atomic E-state index is -0.257. The van der Waals surface area contributed by atoms with Crippen LogP contribution in [0.5, 0.6) is 0 Å². The molecule has 1 aliphatic heterocycles. The minimum absolute atomic E-state index is 0.176. The third-order valence-corrected chi connectivity index (χ3v) is 4.58. The number of hydrogen-bond acceptors (Lipinski definition) is 4. The van der Waals surface area contributed by atoms with Crippen molar-refractivity contribution < 1.29 is 9.53 Å². The Labute approximate surface area is 108 Å². The first kappa shape index (κ1) is 12.2. The highest BCUT2D eigenvalue weighted by Crippen LogP contribution is 2.24. The van der Waals surface area contributed by atoms with Gasteiger partial charge in [0.1, 0.15) is 6.10 Å². The van der Waals surface area contributed by atoms with Gasteiger partial charge in [0.2, 0.25) is 0 Å². The summed E-state index contributed by atoms with van der Waals surface area (Å²) in [5.41, 5.74) is 0. The molecule has 1 aromatic heterocycles. The van der Waals surface area contributed by atoms with E-state index in [1.54, 1.807) is 11.3 Å². The van der Waals surface area contributed by atoms with Crippen molar-refractivity contribution in [1.82, 2.24) is 4.90 Å². The van der Waals surface area contributed by atoms with Crippen molar-refractivity contribution in [2.45, 2.75) is 12.5 Å². The number of ether oxygens (including phenoxy) is 1. The van der Waals surface area contributed by atoms with Crippen molar-refractivity contribution in [1.29, 1.82) is 0 Å². The van der Waals surface area contributed by atoms with Crippen LogP contribution in [-0.4, -0.2) is 43.5 Å². The Hall–Kier alpha value is -0.230. The first-order valence-electron chi connectivity index (χ1n) is 5.21. The topological polar surface area (TPSA) is 29.5 Å². The number of carbonyl (C=O) groups is 1. The molecule has 0 saturated carbocycles. The molecule has 0 radical (unpaired) electrons. The second-order valence-corrected chi connectivity index (χ2v) is 5.81. The van der Waals surface area contributed by atoms with Crippen LogP contribution in [0.3, 0.4) is 0 Å². The van der Waals surface area contributed by atoms with Crippen molar-refractivity contribution in [2.75, 3.05) is 26.7 Å². The fourth-order valence-electron chi connectivity index (χ4n) is 1.70. The number of halogens is 1. The molecule has 88 valence electrons. The third kappa shape index (κ3) is 2.91. The fourth-order valence-corrected chi connectivity index (χ4v) is 3.20. The molecule has 0 aromatic carbocycles. The molecule has 0 N–H and O–H groups in total. The Kier molecular flexibility index (Phi) is 4.13. The molecule has 1 aliphatic rings. The third-order valence-electron chi connectivity index (χ3n) is 2.65. The number of thiophene rings is 1.